The lowest BCUT2D eigenvalue weighted by Crippen LogP contribution is -2.27. The standard InChI is InChI=1S/C20H18F3N5O3S/c1-28(32(30,31)17-8-6-15(7-9-17)20(21,22)23)18-5-3-2-4-14(18)11-26-27-19(29)10-16-12-24-13-25-16/h2-9,11-13H,10H2,1H3,(H,24,25)(H,27,29)/b26-11+. The molecule has 8 nitrogen and oxygen atoms in total. The van der Waals surface area contributed by atoms with Crippen molar-refractivity contribution in [3.63, 3.8) is 0 Å². The molecule has 1 aromatic heterocycles. The maximum atomic E-state index is 12.9. The number of amides is 1. The number of nitrogens with one attached hydrogen (secondary N) is 2. The summed E-state index contributed by atoms with van der Waals surface area (Å²) < 4.78 is 65.1. The van der Waals surface area contributed by atoms with Crippen molar-refractivity contribution < 1.29 is 26.4 Å². The number of carbonyl (C=O) groups is 1. The van der Waals surface area contributed by atoms with E-state index in [-0.39, 0.29) is 17.0 Å². The number of benzene rings is 2. The Bertz CT molecular complexity index is 1210. The molecular weight excluding hydrogens is 447 g/mol. The topological polar surface area (TPSA) is 108 Å². The number of para-hydroxylation sites is 1. The molecule has 2 N–H and O–H groups in total. The molecule has 3 rings (SSSR count). The number of rotatable bonds is 7. The zero-order valence-electron chi connectivity index (χ0n) is 16.7. The van der Waals surface area contributed by atoms with Crippen LogP contribution in [0.5, 0.6) is 0 Å². The second kappa shape index (κ2) is 9.22. The number of nitrogens with zero attached hydrogens (tertiary/aromatic N) is 3. The van der Waals surface area contributed by atoms with Crippen LogP contribution in [0.3, 0.4) is 0 Å². The molecule has 0 aliphatic rings. The van der Waals surface area contributed by atoms with Crippen LogP contribution in [-0.4, -0.2) is 37.6 Å². The van der Waals surface area contributed by atoms with E-state index in [1.165, 1.54) is 31.9 Å². The number of sulfonamides is 1. The van der Waals surface area contributed by atoms with Crippen LogP contribution in [0.1, 0.15) is 16.8 Å². The number of hydrazone groups is 1. The molecule has 1 amide bonds. The number of aromatic nitrogens is 2. The molecule has 0 bridgehead atoms. The summed E-state index contributed by atoms with van der Waals surface area (Å²) in [5.74, 6) is -0.409. The summed E-state index contributed by atoms with van der Waals surface area (Å²) >= 11 is 0. The van der Waals surface area contributed by atoms with Gasteiger partial charge in [0.05, 0.1) is 35.1 Å². The predicted molar refractivity (Wildman–Crippen MR) is 112 cm³/mol. The first-order chi connectivity index (χ1) is 15.1. The normalized spacial score (nSPS) is 12.1. The lowest BCUT2D eigenvalue weighted by molar-refractivity contribution is -0.137. The van der Waals surface area contributed by atoms with Gasteiger partial charge in [-0.3, -0.25) is 9.10 Å². The molecule has 0 radical (unpaired) electrons. The summed E-state index contributed by atoms with van der Waals surface area (Å²) in [5.41, 5.74) is 2.57. The fraction of sp³-hybridized carbons (Fsp3) is 0.150. The van der Waals surface area contributed by atoms with E-state index in [2.05, 4.69) is 20.5 Å². The van der Waals surface area contributed by atoms with E-state index in [9.17, 15) is 26.4 Å². The first-order valence-electron chi connectivity index (χ1n) is 9.13. The first kappa shape index (κ1) is 23.0. The molecule has 12 heteroatoms. The minimum absolute atomic E-state index is 0.0290. The summed E-state index contributed by atoms with van der Waals surface area (Å²) in [5, 5.41) is 3.85. The summed E-state index contributed by atoms with van der Waals surface area (Å²) in [6.45, 7) is 0. The van der Waals surface area contributed by atoms with Gasteiger partial charge in [-0.15, -0.1) is 0 Å². The number of alkyl halides is 3. The molecule has 0 fully saturated rings. The Labute approximate surface area is 181 Å². The molecular formula is C20H18F3N5O3S. The highest BCUT2D eigenvalue weighted by molar-refractivity contribution is 7.92. The highest BCUT2D eigenvalue weighted by Gasteiger charge is 2.31. The second-order valence-electron chi connectivity index (χ2n) is 6.60. The number of hydrogen-bond donors (Lipinski definition) is 2. The number of carbonyl (C=O) groups excluding carboxylic acids is 1. The van der Waals surface area contributed by atoms with Crippen LogP contribution in [0.4, 0.5) is 18.9 Å². The van der Waals surface area contributed by atoms with Crippen LogP contribution in [-0.2, 0) is 27.4 Å². The van der Waals surface area contributed by atoms with E-state index in [0.717, 1.165) is 16.4 Å². The van der Waals surface area contributed by atoms with Gasteiger partial charge in [0.1, 0.15) is 0 Å². The first-order valence-corrected chi connectivity index (χ1v) is 10.6. The van der Waals surface area contributed by atoms with Gasteiger partial charge in [-0.25, -0.2) is 18.8 Å². The van der Waals surface area contributed by atoms with Crippen LogP contribution in [0.2, 0.25) is 0 Å². The third kappa shape index (κ3) is 5.32. The van der Waals surface area contributed by atoms with Gasteiger partial charge < -0.3 is 4.98 Å². The van der Waals surface area contributed by atoms with Gasteiger partial charge in [-0.2, -0.15) is 18.3 Å². The van der Waals surface area contributed by atoms with Crippen molar-refractivity contribution in [1.82, 2.24) is 15.4 Å². The average molecular weight is 465 g/mol. The monoisotopic (exact) mass is 465 g/mol. The van der Waals surface area contributed by atoms with Crippen LogP contribution in [0, 0.1) is 0 Å². The smallest absolute Gasteiger partial charge is 0.348 e. The van der Waals surface area contributed by atoms with Crippen molar-refractivity contribution in [3.05, 3.63) is 77.9 Å². The summed E-state index contributed by atoms with van der Waals surface area (Å²) in [7, 11) is -2.87. The Kier molecular flexibility index (Phi) is 6.63. The van der Waals surface area contributed by atoms with Gasteiger partial charge >= 0.3 is 6.18 Å². The van der Waals surface area contributed by atoms with Crippen LogP contribution in [0.15, 0.2) is 71.1 Å². The predicted octanol–water partition coefficient (Wildman–Crippen LogP) is 2.95. The Morgan fingerprint density at radius 3 is 2.50 bits per heavy atom. The minimum Gasteiger partial charge on any atom is -0.348 e. The second-order valence-corrected chi connectivity index (χ2v) is 8.57. The third-order valence-corrected chi connectivity index (χ3v) is 6.20. The number of imidazole rings is 1. The maximum absolute atomic E-state index is 12.9. The minimum atomic E-state index is -4.57. The van der Waals surface area contributed by atoms with Crippen LogP contribution in [0.25, 0.3) is 0 Å². The molecule has 0 aliphatic carbocycles. The average Bonchev–Trinajstić information content (AvgIpc) is 3.26. The number of H-pyrrole nitrogens is 1. The van der Waals surface area contributed by atoms with E-state index in [1.807, 2.05) is 0 Å². The quantitative estimate of drug-likeness (QED) is 0.413. The van der Waals surface area contributed by atoms with Gasteiger partial charge in [0.2, 0.25) is 5.91 Å². The number of halogens is 3. The summed E-state index contributed by atoms with van der Waals surface area (Å²) in [6.07, 6.45) is -0.325. The summed E-state index contributed by atoms with van der Waals surface area (Å²) in [6, 6.07) is 9.57. The molecule has 1 heterocycles. The maximum Gasteiger partial charge on any atom is 0.416 e. The molecule has 3 aromatic rings. The third-order valence-electron chi connectivity index (χ3n) is 4.41. The van der Waals surface area contributed by atoms with E-state index in [4.69, 9.17) is 0 Å². The Morgan fingerprint density at radius 2 is 1.88 bits per heavy atom. The van der Waals surface area contributed by atoms with Gasteiger partial charge in [-0.05, 0) is 30.3 Å². The molecule has 168 valence electrons. The zero-order chi connectivity index (χ0) is 23.4. The van der Waals surface area contributed by atoms with E-state index >= 15 is 0 Å². The lowest BCUT2D eigenvalue weighted by atomic mass is 10.2. The van der Waals surface area contributed by atoms with Crippen molar-refractivity contribution in [1.29, 1.82) is 0 Å². The fourth-order valence-corrected chi connectivity index (χ4v) is 3.98. The molecule has 0 atom stereocenters. The van der Waals surface area contributed by atoms with E-state index in [0.29, 0.717) is 23.4 Å². The number of aromatic amines is 1. The van der Waals surface area contributed by atoms with Crippen LogP contribution >= 0.6 is 0 Å². The summed E-state index contributed by atoms with van der Waals surface area (Å²) in [4.78, 5) is 18.2. The fourth-order valence-electron chi connectivity index (χ4n) is 2.75. The molecule has 0 spiro atoms. The molecule has 0 unspecified atom stereocenters. The largest absolute Gasteiger partial charge is 0.416 e. The number of hydrogen-bond acceptors (Lipinski definition) is 5. The highest BCUT2D eigenvalue weighted by Crippen LogP contribution is 2.31. The van der Waals surface area contributed by atoms with Crippen molar-refractivity contribution in [3.8, 4) is 0 Å². The van der Waals surface area contributed by atoms with Gasteiger partial charge in [-0.1, -0.05) is 18.2 Å². The van der Waals surface area contributed by atoms with Crippen molar-refractivity contribution in [2.24, 2.45) is 5.10 Å². The van der Waals surface area contributed by atoms with Crippen molar-refractivity contribution in [2.45, 2.75) is 17.5 Å². The van der Waals surface area contributed by atoms with Gasteiger partial charge in [0, 0.05) is 24.5 Å². The van der Waals surface area contributed by atoms with Crippen LogP contribution < -0.4 is 9.73 Å². The Morgan fingerprint density at radius 1 is 1.19 bits per heavy atom. The highest BCUT2D eigenvalue weighted by atomic mass is 32.2. The Balaban J connectivity index is 1.78. The molecule has 0 saturated heterocycles. The van der Waals surface area contributed by atoms with Gasteiger partial charge in [0.25, 0.3) is 10.0 Å². The molecule has 2 aromatic carbocycles. The van der Waals surface area contributed by atoms with Crippen molar-refractivity contribution >= 4 is 27.8 Å². The number of anilines is 1. The molecule has 32 heavy (non-hydrogen) atoms. The van der Waals surface area contributed by atoms with E-state index < -0.39 is 27.7 Å². The lowest BCUT2D eigenvalue weighted by Gasteiger charge is -2.21. The van der Waals surface area contributed by atoms with E-state index in [1.54, 1.807) is 18.2 Å². The zero-order valence-corrected chi connectivity index (χ0v) is 17.5. The van der Waals surface area contributed by atoms with Crippen molar-refractivity contribution in [2.75, 3.05) is 11.4 Å². The molecule has 0 aliphatic heterocycles. The SMILES string of the molecule is CN(c1ccccc1/C=N/NC(=O)Cc1cnc[nH]1)S(=O)(=O)c1ccc(C(F)(F)F)cc1. The Hall–Kier alpha value is -3.67. The molecule has 0 saturated carbocycles. The van der Waals surface area contributed by atoms with Gasteiger partial charge in [0.15, 0.2) is 0 Å².